The van der Waals surface area contributed by atoms with E-state index in [2.05, 4.69) is 72.5 Å². The zero-order valence-electron chi connectivity index (χ0n) is 14.6. The Morgan fingerprint density at radius 1 is 1.23 bits per heavy atom. The molecule has 124 valence electrons. The third kappa shape index (κ3) is 3.92. The Morgan fingerprint density at radius 3 is 2.41 bits per heavy atom. The SMILES string of the molecule is CCc1ncnc(N[C@H]2CC[C@@H](C(C)(C)C(C)C)CC2)c1I. The van der Waals surface area contributed by atoms with Crippen LogP contribution in [0, 0.1) is 20.8 Å². The van der Waals surface area contributed by atoms with E-state index in [1.165, 1.54) is 29.3 Å². The van der Waals surface area contributed by atoms with E-state index in [0.717, 1.165) is 29.8 Å². The Hall–Kier alpha value is -0.390. The molecule has 0 radical (unpaired) electrons. The van der Waals surface area contributed by atoms with E-state index < -0.39 is 0 Å². The molecule has 1 heterocycles. The van der Waals surface area contributed by atoms with Gasteiger partial charge in [-0.3, -0.25) is 0 Å². The number of anilines is 1. The van der Waals surface area contributed by atoms with Crippen LogP contribution in [0.5, 0.6) is 0 Å². The molecule has 1 aliphatic carbocycles. The average molecular weight is 415 g/mol. The van der Waals surface area contributed by atoms with Crippen molar-refractivity contribution in [1.82, 2.24) is 9.97 Å². The highest BCUT2D eigenvalue weighted by Gasteiger charge is 2.35. The summed E-state index contributed by atoms with van der Waals surface area (Å²) in [7, 11) is 0. The number of hydrogen-bond donors (Lipinski definition) is 1. The van der Waals surface area contributed by atoms with Crippen molar-refractivity contribution in [3.05, 3.63) is 15.6 Å². The third-order valence-electron chi connectivity index (χ3n) is 5.80. The molecule has 0 aromatic carbocycles. The van der Waals surface area contributed by atoms with Gasteiger partial charge in [0, 0.05) is 6.04 Å². The van der Waals surface area contributed by atoms with Crippen LogP contribution in [0.3, 0.4) is 0 Å². The van der Waals surface area contributed by atoms with Crippen LogP contribution < -0.4 is 5.32 Å². The van der Waals surface area contributed by atoms with Gasteiger partial charge in [-0.05, 0) is 71.9 Å². The topological polar surface area (TPSA) is 37.8 Å². The van der Waals surface area contributed by atoms with E-state index in [-0.39, 0.29) is 0 Å². The molecule has 0 unspecified atom stereocenters. The Morgan fingerprint density at radius 2 is 1.86 bits per heavy atom. The molecule has 1 N–H and O–H groups in total. The predicted octanol–water partition coefficient (Wildman–Crippen LogP) is 5.30. The maximum absolute atomic E-state index is 4.45. The van der Waals surface area contributed by atoms with Gasteiger partial charge < -0.3 is 5.32 Å². The van der Waals surface area contributed by atoms with E-state index in [9.17, 15) is 0 Å². The summed E-state index contributed by atoms with van der Waals surface area (Å²) in [4.78, 5) is 8.80. The van der Waals surface area contributed by atoms with Crippen molar-refractivity contribution in [2.24, 2.45) is 17.3 Å². The molecular weight excluding hydrogens is 385 g/mol. The number of aryl methyl sites for hydroxylation is 1. The lowest BCUT2D eigenvalue weighted by Crippen LogP contribution is -2.36. The first kappa shape index (κ1) is 18.0. The zero-order chi connectivity index (χ0) is 16.3. The van der Waals surface area contributed by atoms with E-state index in [4.69, 9.17) is 0 Å². The van der Waals surface area contributed by atoms with Gasteiger partial charge in [-0.15, -0.1) is 0 Å². The summed E-state index contributed by atoms with van der Waals surface area (Å²) in [6.45, 7) is 11.8. The quantitative estimate of drug-likeness (QED) is 0.664. The summed E-state index contributed by atoms with van der Waals surface area (Å²) >= 11 is 2.38. The van der Waals surface area contributed by atoms with Crippen molar-refractivity contribution in [3.8, 4) is 0 Å². The summed E-state index contributed by atoms with van der Waals surface area (Å²) in [5, 5.41) is 3.67. The van der Waals surface area contributed by atoms with E-state index in [1.807, 2.05) is 0 Å². The number of nitrogens with zero attached hydrogens (tertiary/aromatic N) is 2. The van der Waals surface area contributed by atoms with Crippen molar-refractivity contribution < 1.29 is 0 Å². The van der Waals surface area contributed by atoms with Gasteiger partial charge in [-0.1, -0.05) is 34.6 Å². The fourth-order valence-corrected chi connectivity index (χ4v) is 4.22. The van der Waals surface area contributed by atoms with Crippen LogP contribution in [-0.2, 0) is 6.42 Å². The number of halogens is 1. The van der Waals surface area contributed by atoms with Crippen molar-refractivity contribution in [3.63, 3.8) is 0 Å². The van der Waals surface area contributed by atoms with Crippen molar-refractivity contribution in [1.29, 1.82) is 0 Å². The molecule has 0 spiro atoms. The van der Waals surface area contributed by atoms with Gasteiger partial charge in [0.2, 0.25) is 0 Å². The van der Waals surface area contributed by atoms with Crippen LogP contribution in [0.25, 0.3) is 0 Å². The Labute approximate surface area is 149 Å². The van der Waals surface area contributed by atoms with Gasteiger partial charge >= 0.3 is 0 Å². The van der Waals surface area contributed by atoms with E-state index in [1.54, 1.807) is 6.33 Å². The lowest BCUT2D eigenvalue weighted by Gasteiger charge is -2.42. The maximum atomic E-state index is 4.45. The molecule has 1 saturated carbocycles. The number of hydrogen-bond acceptors (Lipinski definition) is 3. The van der Waals surface area contributed by atoms with Crippen LogP contribution in [0.4, 0.5) is 5.82 Å². The third-order valence-corrected chi connectivity index (χ3v) is 6.94. The molecule has 3 nitrogen and oxygen atoms in total. The molecule has 0 bridgehead atoms. The predicted molar refractivity (Wildman–Crippen MR) is 102 cm³/mol. The Bertz CT molecular complexity index is 491. The normalized spacial score (nSPS) is 22.9. The smallest absolute Gasteiger partial charge is 0.143 e. The van der Waals surface area contributed by atoms with Crippen LogP contribution in [0.15, 0.2) is 6.33 Å². The second kappa shape index (κ2) is 7.45. The van der Waals surface area contributed by atoms with Crippen LogP contribution >= 0.6 is 22.6 Å². The first-order valence-electron chi connectivity index (χ1n) is 8.62. The zero-order valence-corrected chi connectivity index (χ0v) is 16.8. The fraction of sp³-hybridized carbons (Fsp3) is 0.778. The highest BCUT2D eigenvalue weighted by molar-refractivity contribution is 14.1. The van der Waals surface area contributed by atoms with Crippen molar-refractivity contribution in [2.45, 2.75) is 72.8 Å². The summed E-state index contributed by atoms with van der Waals surface area (Å²) in [5.74, 6) is 2.62. The fourth-order valence-electron chi connectivity index (χ4n) is 3.40. The standard InChI is InChI=1S/C18H30IN3/c1-6-15-16(19)17(21-11-20-15)22-14-9-7-13(8-10-14)18(4,5)12(2)3/h11-14H,6-10H2,1-5H3,(H,20,21,22)/t13-,14+. The minimum absolute atomic E-state index is 0.448. The van der Waals surface area contributed by atoms with Gasteiger partial charge in [0.1, 0.15) is 12.1 Å². The summed E-state index contributed by atoms with van der Waals surface area (Å²) in [6.07, 6.45) is 7.81. The molecule has 1 aliphatic rings. The molecule has 1 aromatic heterocycles. The highest BCUT2D eigenvalue weighted by Crippen LogP contribution is 2.43. The van der Waals surface area contributed by atoms with Crippen LogP contribution in [-0.4, -0.2) is 16.0 Å². The molecule has 0 atom stereocenters. The minimum Gasteiger partial charge on any atom is -0.366 e. The molecular formula is C18H30IN3. The second-order valence-electron chi connectivity index (χ2n) is 7.51. The maximum Gasteiger partial charge on any atom is 0.143 e. The molecule has 4 heteroatoms. The van der Waals surface area contributed by atoms with Gasteiger partial charge in [-0.2, -0.15) is 0 Å². The summed E-state index contributed by atoms with van der Waals surface area (Å²) < 4.78 is 1.19. The average Bonchev–Trinajstić information content (AvgIpc) is 2.50. The molecule has 0 saturated heterocycles. The van der Waals surface area contributed by atoms with Crippen molar-refractivity contribution in [2.75, 3.05) is 5.32 Å². The van der Waals surface area contributed by atoms with Gasteiger partial charge in [0.15, 0.2) is 0 Å². The van der Waals surface area contributed by atoms with Crippen molar-refractivity contribution >= 4 is 28.4 Å². The first-order chi connectivity index (χ1) is 10.4. The molecule has 0 aliphatic heterocycles. The number of aromatic nitrogens is 2. The highest BCUT2D eigenvalue weighted by atomic mass is 127. The lowest BCUT2D eigenvalue weighted by atomic mass is 9.65. The van der Waals surface area contributed by atoms with Gasteiger partial charge in [0.05, 0.1) is 9.26 Å². The van der Waals surface area contributed by atoms with E-state index in [0.29, 0.717) is 11.5 Å². The van der Waals surface area contributed by atoms with Crippen LogP contribution in [0.1, 0.15) is 66.0 Å². The molecule has 1 aromatic rings. The van der Waals surface area contributed by atoms with Gasteiger partial charge in [0.25, 0.3) is 0 Å². The summed E-state index contributed by atoms with van der Waals surface area (Å²) in [5.41, 5.74) is 1.59. The number of nitrogens with one attached hydrogen (secondary N) is 1. The van der Waals surface area contributed by atoms with Gasteiger partial charge in [-0.25, -0.2) is 9.97 Å². The molecule has 1 fully saturated rings. The Kier molecular flexibility index (Phi) is 6.08. The Balaban J connectivity index is 1.96. The minimum atomic E-state index is 0.448. The second-order valence-corrected chi connectivity index (χ2v) is 8.58. The monoisotopic (exact) mass is 415 g/mol. The first-order valence-corrected chi connectivity index (χ1v) is 9.70. The largest absolute Gasteiger partial charge is 0.366 e. The van der Waals surface area contributed by atoms with Crippen LogP contribution in [0.2, 0.25) is 0 Å². The lowest BCUT2D eigenvalue weighted by molar-refractivity contribution is 0.0986. The molecule has 0 amide bonds. The summed E-state index contributed by atoms with van der Waals surface area (Å²) in [6, 6.07) is 0.562. The number of rotatable bonds is 5. The molecule has 2 rings (SSSR count). The van der Waals surface area contributed by atoms with E-state index >= 15 is 0 Å². The molecule has 22 heavy (non-hydrogen) atoms.